The predicted octanol–water partition coefficient (Wildman–Crippen LogP) is 4.11. The van der Waals surface area contributed by atoms with Crippen molar-refractivity contribution in [1.82, 2.24) is 0 Å². The van der Waals surface area contributed by atoms with Gasteiger partial charge in [0.25, 0.3) is 10.0 Å². The van der Waals surface area contributed by atoms with Crippen LogP contribution in [0.25, 0.3) is 6.08 Å². The Morgan fingerprint density at radius 2 is 1.71 bits per heavy atom. The lowest BCUT2D eigenvalue weighted by atomic mass is 10.1. The van der Waals surface area contributed by atoms with Gasteiger partial charge in [-0.05, 0) is 42.0 Å². The van der Waals surface area contributed by atoms with Crippen molar-refractivity contribution >= 4 is 43.4 Å². The van der Waals surface area contributed by atoms with E-state index in [1.807, 2.05) is 30.3 Å². The van der Waals surface area contributed by atoms with Crippen LogP contribution in [0.5, 0.6) is 0 Å². The van der Waals surface area contributed by atoms with Crippen LogP contribution < -0.4 is 10.5 Å². The van der Waals surface area contributed by atoms with E-state index in [0.29, 0.717) is 11.3 Å². The maximum Gasteiger partial charge on any atom is 0.266 e. The first kappa shape index (κ1) is 22.4. The molecule has 0 amide bonds. The van der Waals surface area contributed by atoms with Gasteiger partial charge in [0.15, 0.2) is 0 Å². The van der Waals surface area contributed by atoms with Crippen molar-refractivity contribution in [2.24, 2.45) is 0 Å². The Balaban J connectivity index is 1.91. The molecule has 5 N–H and O–H groups in total. The van der Waals surface area contributed by atoms with Crippen molar-refractivity contribution in [3.05, 3.63) is 90.0 Å². The molecule has 0 aromatic heterocycles. The Hall–Kier alpha value is -3.27. The fourth-order valence-corrected chi connectivity index (χ4v) is 5.58. The van der Waals surface area contributed by atoms with Crippen molar-refractivity contribution in [1.29, 1.82) is 5.41 Å². The molecular weight excluding hydrogens is 434 g/mol. The number of nitrogens with one attached hydrogen (secondary N) is 2. The second kappa shape index (κ2) is 8.84. The molecule has 1 unspecified atom stereocenters. The molecule has 3 aromatic carbocycles. The van der Waals surface area contributed by atoms with Gasteiger partial charge in [-0.25, -0.2) is 8.42 Å². The molecule has 160 valence electrons. The van der Waals surface area contributed by atoms with Gasteiger partial charge in [0, 0.05) is 16.9 Å². The molecule has 0 bridgehead atoms. The van der Waals surface area contributed by atoms with Crippen molar-refractivity contribution in [2.45, 2.75) is 9.79 Å². The molecule has 0 aliphatic carbocycles. The normalized spacial score (nSPS) is 13.6. The first-order valence-corrected chi connectivity index (χ1v) is 12.5. The van der Waals surface area contributed by atoms with E-state index in [2.05, 4.69) is 4.72 Å². The van der Waals surface area contributed by atoms with Gasteiger partial charge in [0.05, 0.1) is 5.71 Å². The fourth-order valence-electron chi connectivity index (χ4n) is 2.88. The lowest BCUT2D eigenvalue weighted by molar-refractivity contribution is 0.500. The first-order valence-electron chi connectivity index (χ1n) is 9.13. The molecule has 31 heavy (non-hydrogen) atoms. The Kier molecular flexibility index (Phi) is 6.40. The van der Waals surface area contributed by atoms with Crippen LogP contribution in [0.1, 0.15) is 11.1 Å². The molecule has 7 nitrogen and oxygen atoms in total. The summed E-state index contributed by atoms with van der Waals surface area (Å²) in [6.45, 7) is 0. The molecule has 0 fully saturated rings. The van der Waals surface area contributed by atoms with Crippen LogP contribution in [0, 0.1) is 5.41 Å². The van der Waals surface area contributed by atoms with E-state index in [9.17, 15) is 17.2 Å². The van der Waals surface area contributed by atoms with Gasteiger partial charge in [0.1, 0.15) is 11.2 Å². The number of nitrogens with two attached hydrogens (primary N) is 1. The summed E-state index contributed by atoms with van der Waals surface area (Å²) in [5, 5.41) is 8.31. The Bertz CT molecular complexity index is 1300. The van der Waals surface area contributed by atoms with E-state index >= 15 is 0 Å². The Labute approximate surface area is 182 Å². The monoisotopic (exact) mass is 456 g/mol. The van der Waals surface area contributed by atoms with Gasteiger partial charge in [-0.15, -0.1) is 0 Å². The third-order valence-corrected chi connectivity index (χ3v) is 7.13. The minimum Gasteiger partial charge on any atom is -0.398 e. The average molecular weight is 457 g/mol. The highest BCUT2D eigenvalue weighted by Crippen LogP contribution is 2.27. The second-order valence-electron chi connectivity index (χ2n) is 6.81. The summed E-state index contributed by atoms with van der Waals surface area (Å²) in [5.74, 6) is 0. The minimum absolute atomic E-state index is 0.106. The number of rotatable bonds is 7. The number of anilines is 2. The maximum absolute atomic E-state index is 12.9. The van der Waals surface area contributed by atoms with Gasteiger partial charge in [0.2, 0.25) is 15.1 Å². The maximum atomic E-state index is 12.9. The van der Waals surface area contributed by atoms with Gasteiger partial charge >= 0.3 is 0 Å². The number of benzene rings is 3. The molecule has 0 saturated heterocycles. The lowest BCUT2D eigenvalue weighted by Gasteiger charge is -2.12. The summed E-state index contributed by atoms with van der Waals surface area (Å²) < 4.78 is 50.2. The van der Waals surface area contributed by atoms with E-state index in [1.165, 1.54) is 42.5 Å². The molecule has 1 atom stereocenters. The quantitative estimate of drug-likeness (QED) is 0.241. The third-order valence-electron chi connectivity index (χ3n) is 4.38. The minimum atomic E-state index is -4.16. The molecule has 3 aromatic rings. The lowest BCUT2D eigenvalue weighted by Crippen LogP contribution is -2.19. The van der Waals surface area contributed by atoms with Crippen molar-refractivity contribution in [2.75, 3.05) is 16.7 Å². The van der Waals surface area contributed by atoms with E-state index in [4.69, 9.17) is 11.1 Å². The summed E-state index contributed by atoms with van der Waals surface area (Å²) in [5.41, 5.74) is 7.85. The van der Waals surface area contributed by atoms with Crippen LogP contribution in [0.4, 0.5) is 11.4 Å². The van der Waals surface area contributed by atoms with Gasteiger partial charge in [-0.3, -0.25) is 4.72 Å². The Morgan fingerprint density at radius 3 is 2.39 bits per heavy atom. The van der Waals surface area contributed by atoms with E-state index < -0.39 is 20.2 Å². The van der Waals surface area contributed by atoms with Crippen LogP contribution in [0.15, 0.2) is 88.7 Å². The highest BCUT2D eigenvalue weighted by atomic mass is 32.3. The van der Waals surface area contributed by atoms with E-state index in [0.717, 1.165) is 11.8 Å². The zero-order valence-corrected chi connectivity index (χ0v) is 18.3. The summed E-state index contributed by atoms with van der Waals surface area (Å²) in [4.78, 5) is -0.473. The number of hydrogen-bond donors (Lipinski definition) is 4. The molecule has 9 heteroatoms. The van der Waals surface area contributed by atoms with Crippen LogP contribution in [-0.4, -0.2) is 24.9 Å². The second-order valence-corrected chi connectivity index (χ2v) is 10.5. The number of hydrogen-bond acceptors (Lipinski definition) is 5. The molecule has 0 aliphatic rings. The summed E-state index contributed by atoms with van der Waals surface area (Å²) in [7, 11) is -7.66. The van der Waals surface area contributed by atoms with Crippen LogP contribution in [-0.2, 0) is 24.4 Å². The van der Waals surface area contributed by atoms with Gasteiger partial charge in [-0.2, -0.15) is 4.55 Å². The summed E-state index contributed by atoms with van der Waals surface area (Å²) in [6, 6.07) is 19.4. The fraction of sp³-hybridized carbons (Fsp3) is 0.0455. The molecule has 0 heterocycles. The SMILES string of the molecule is C[S+](=O)(O)c1ccccc1S(=O)(=O)Nc1ccc(N)c(C(=N)/C=C/c2ccccc2)c1. The van der Waals surface area contributed by atoms with Gasteiger partial charge in [-0.1, -0.05) is 52.7 Å². The predicted molar refractivity (Wildman–Crippen MR) is 125 cm³/mol. The number of nitrogen functional groups attached to an aromatic ring is 1. The highest BCUT2D eigenvalue weighted by molar-refractivity contribution is 7.98. The van der Waals surface area contributed by atoms with Crippen LogP contribution in [0.3, 0.4) is 0 Å². The number of sulfonamides is 1. The molecule has 0 aliphatic heterocycles. The molecule has 3 rings (SSSR count). The van der Waals surface area contributed by atoms with E-state index in [1.54, 1.807) is 12.2 Å². The summed E-state index contributed by atoms with van der Waals surface area (Å²) in [6.07, 6.45) is 4.39. The van der Waals surface area contributed by atoms with Crippen LogP contribution >= 0.6 is 0 Å². The first-order chi connectivity index (χ1) is 14.6. The third kappa shape index (κ3) is 5.46. The number of allylic oxidation sites excluding steroid dienone is 1. The van der Waals surface area contributed by atoms with Crippen molar-refractivity contribution in [3.63, 3.8) is 0 Å². The average Bonchev–Trinajstić information content (AvgIpc) is 2.73. The molecule has 0 radical (unpaired) electrons. The molecular formula is C22H22N3O4S2+. The summed E-state index contributed by atoms with van der Waals surface area (Å²) >= 11 is 0. The van der Waals surface area contributed by atoms with Gasteiger partial charge < -0.3 is 11.1 Å². The van der Waals surface area contributed by atoms with Crippen molar-refractivity contribution in [3.8, 4) is 0 Å². The van der Waals surface area contributed by atoms with E-state index in [-0.39, 0.29) is 21.2 Å². The highest BCUT2D eigenvalue weighted by Gasteiger charge is 2.32. The zero-order valence-electron chi connectivity index (χ0n) is 16.6. The van der Waals surface area contributed by atoms with Crippen molar-refractivity contribution < 1.29 is 17.2 Å². The molecule has 0 saturated carbocycles. The van der Waals surface area contributed by atoms with Crippen LogP contribution in [0.2, 0.25) is 0 Å². The standard InChI is InChI=1S/C22H21N3O4S2/c1-30(26,27)21-9-5-6-10-22(21)31(28,29)25-17-12-14-20(24)18(15-17)19(23)13-11-16-7-3-2-4-8-16/h2-15,23,25H,24H2,1H3/p+1/b13-11+,23-19?. The smallest absolute Gasteiger partial charge is 0.266 e. The topological polar surface area (TPSA) is 133 Å². The molecule has 0 spiro atoms. The largest absolute Gasteiger partial charge is 0.398 e. The zero-order chi connectivity index (χ0) is 22.6. The Morgan fingerprint density at radius 1 is 1.06 bits per heavy atom.